The summed E-state index contributed by atoms with van der Waals surface area (Å²) < 4.78 is 228. The van der Waals surface area contributed by atoms with Gasteiger partial charge in [-0.05, 0) is 25.7 Å². The molecule has 20 heteroatoms. The number of hydrogen-bond acceptors (Lipinski definition) is 2. The van der Waals surface area contributed by atoms with E-state index in [0.29, 0.717) is 0 Å². The topological polar surface area (TPSA) is 0 Å². The van der Waals surface area contributed by atoms with E-state index in [9.17, 15) is 79.0 Å². The van der Waals surface area contributed by atoms with Gasteiger partial charge in [0.25, 0.3) is 0 Å². The summed E-state index contributed by atoms with van der Waals surface area (Å²) in [6, 6.07) is 0. The molecule has 0 saturated carbocycles. The molecule has 0 aromatic rings. The van der Waals surface area contributed by atoms with E-state index in [1.165, 1.54) is 0 Å². The molecule has 0 rings (SSSR count). The molecule has 0 amide bonds. The van der Waals surface area contributed by atoms with E-state index in [1.807, 2.05) is 0 Å². The van der Waals surface area contributed by atoms with E-state index < -0.39 is 86.4 Å². The molecule has 0 spiro atoms. The predicted molar refractivity (Wildman–Crippen MR) is 94.4 cm³/mol. The summed E-state index contributed by atoms with van der Waals surface area (Å²) in [5.74, 6) is -39.3. The minimum absolute atomic E-state index is 0.186. The fraction of sp³-hybridized carbons (Fsp3) is 1.00. The lowest BCUT2D eigenvalue weighted by molar-refractivity contribution is -0.396. The van der Waals surface area contributed by atoms with Crippen LogP contribution in [0.1, 0.15) is 38.5 Å². The Morgan fingerprint density at radius 3 is 0.806 bits per heavy atom. The van der Waals surface area contributed by atoms with E-state index in [4.69, 9.17) is 0 Å². The van der Waals surface area contributed by atoms with Crippen molar-refractivity contribution < 1.29 is 79.0 Å². The van der Waals surface area contributed by atoms with E-state index in [1.54, 1.807) is 0 Å². The third kappa shape index (κ3) is 7.51. The van der Waals surface area contributed by atoms with Gasteiger partial charge in [-0.25, -0.2) is 0 Å². The van der Waals surface area contributed by atoms with Gasteiger partial charge in [0, 0.05) is 24.3 Å². The average molecular weight is 614 g/mol. The van der Waals surface area contributed by atoms with Crippen LogP contribution in [-0.2, 0) is 0 Å². The van der Waals surface area contributed by atoms with Gasteiger partial charge >= 0.3 is 47.9 Å². The molecule has 0 N–H and O–H groups in total. The summed E-state index contributed by atoms with van der Waals surface area (Å²) in [6.07, 6.45) is -20.6. The Hall–Kier alpha value is -0.560. The molecule has 218 valence electrons. The van der Waals surface area contributed by atoms with Crippen LogP contribution in [0.4, 0.5) is 79.0 Å². The molecule has 0 aliphatic rings. The third-order valence-corrected chi connectivity index (χ3v) is 7.02. The Kier molecular flexibility index (Phi) is 11.5. The number of rotatable bonds is 15. The van der Waals surface area contributed by atoms with Crippen LogP contribution in [0, 0.1) is 0 Å². The van der Waals surface area contributed by atoms with Gasteiger partial charge in [0.2, 0.25) is 0 Å². The molecule has 0 bridgehead atoms. The van der Waals surface area contributed by atoms with Gasteiger partial charge in [-0.1, -0.05) is 21.6 Å². The summed E-state index contributed by atoms with van der Waals surface area (Å²) in [5.41, 5.74) is 0. The van der Waals surface area contributed by atoms with Crippen molar-refractivity contribution in [3.63, 3.8) is 0 Å². The normalized spacial score (nSPS) is 15.5. The van der Waals surface area contributed by atoms with Crippen LogP contribution in [0.15, 0.2) is 0 Å². The Labute approximate surface area is 199 Å². The number of hydrogen-bond donors (Lipinski definition) is 0. The summed E-state index contributed by atoms with van der Waals surface area (Å²) in [7, 11) is 1.49. The van der Waals surface area contributed by atoms with Gasteiger partial charge in [-0.3, -0.25) is 0 Å². The van der Waals surface area contributed by atoms with Crippen molar-refractivity contribution in [1.29, 1.82) is 0 Å². The summed E-state index contributed by atoms with van der Waals surface area (Å²) in [6.45, 7) is 0. The van der Waals surface area contributed by atoms with Crippen LogP contribution in [0.3, 0.4) is 0 Å². The minimum atomic E-state index is -7.00. The second-order valence-corrected chi connectivity index (χ2v) is 9.96. The monoisotopic (exact) mass is 614 g/mol. The van der Waals surface area contributed by atoms with Gasteiger partial charge in [0.15, 0.2) is 0 Å². The molecule has 0 aromatic heterocycles. The van der Waals surface area contributed by atoms with Gasteiger partial charge in [-0.2, -0.15) is 79.0 Å². The van der Waals surface area contributed by atoms with Crippen LogP contribution in [0.25, 0.3) is 0 Å². The second kappa shape index (κ2) is 11.7. The first-order valence-electron chi connectivity index (χ1n) is 9.35. The number of unbranched alkanes of at least 4 members (excludes halogenated alkanes) is 2. The van der Waals surface area contributed by atoms with Gasteiger partial charge < -0.3 is 0 Å². The first-order valence-corrected chi connectivity index (χ1v) is 11.8. The largest absolute Gasteiger partial charge is 0.460 e. The van der Waals surface area contributed by atoms with Crippen LogP contribution in [0.5, 0.6) is 0 Å². The van der Waals surface area contributed by atoms with Crippen molar-refractivity contribution in [3.05, 3.63) is 0 Å². The first-order chi connectivity index (χ1) is 15.7. The maximum atomic E-state index is 13.3. The lowest BCUT2D eigenvalue weighted by atomic mass is 9.99. The standard InChI is InChI=1S/C16H16F18S2/c17-9(18,11(21,22)13(25,26)15(29,30)31)5-1-3-7-35-36-8-4-2-6-10(19,20)12(23,24)14(27,28)16(32,33)34/h1-8H2. The number of alkyl halides is 18. The van der Waals surface area contributed by atoms with E-state index in [2.05, 4.69) is 0 Å². The quantitative estimate of drug-likeness (QED) is 0.102. The molecule has 0 aliphatic carbocycles. The molecule has 0 heterocycles. The van der Waals surface area contributed by atoms with Crippen molar-refractivity contribution in [1.82, 2.24) is 0 Å². The molecule has 0 radical (unpaired) electrons. The van der Waals surface area contributed by atoms with Gasteiger partial charge in [-0.15, -0.1) is 0 Å². The molecule has 36 heavy (non-hydrogen) atoms. The molecular formula is C16H16F18S2. The Bertz CT molecular complexity index is 624. The highest BCUT2D eigenvalue weighted by Gasteiger charge is 2.82. The predicted octanol–water partition coefficient (Wildman–Crippen LogP) is 9.64. The van der Waals surface area contributed by atoms with Crippen molar-refractivity contribution in [2.24, 2.45) is 0 Å². The maximum absolute atomic E-state index is 13.3. The Morgan fingerprint density at radius 1 is 0.333 bits per heavy atom. The Morgan fingerprint density at radius 2 is 0.583 bits per heavy atom. The molecule has 0 fully saturated rings. The minimum Gasteiger partial charge on any atom is -0.200 e. The highest BCUT2D eigenvalue weighted by atomic mass is 33.1. The van der Waals surface area contributed by atoms with Gasteiger partial charge in [0.1, 0.15) is 0 Å². The average Bonchev–Trinajstić information content (AvgIpc) is 2.66. The molecular weight excluding hydrogens is 598 g/mol. The van der Waals surface area contributed by atoms with Gasteiger partial charge in [0.05, 0.1) is 0 Å². The second-order valence-electron chi connectivity index (χ2n) is 7.26. The summed E-state index contributed by atoms with van der Waals surface area (Å²) >= 11 is 0. The molecule has 0 atom stereocenters. The Balaban J connectivity index is 4.41. The smallest absolute Gasteiger partial charge is 0.200 e. The zero-order valence-corrected chi connectivity index (χ0v) is 18.9. The van der Waals surface area contributed by atoms with Crippen LogP contribution < -0.4 is 0 Å². The third-order valence-electron chi connectivity index (χ3n) is 4.44. The van der Waals surface area contributed by atoms with E-state index in [-0.39, 0.29) is 11.5 Å². The van der Waals surface area contributed by atoms with Crippen molar-refractivity contribution in [2.75, 3.05) is 11.5 Å². The van der Waals surface area contributed by atoms with Crippen LogP contribution in [0.2, 0.25) is 0 Å². The molecule has 0 aliphatic heterocycles. The van der Waals surface area contributed by atoms with Crippen molar-refractivity contribution in [3.8, 4) is 0 Å². The zero-order valence-electron chi connectivity index (χ0n) is 17.3. The van der Waals surface area contributed by atoms with Crippen molar-refractivity contribution >= 4 is 21.6 Å². The lowest BCUT2D eigenvalue weighted by Crippen LogP contribution is -2.60. The summed E-state index contributed by atoms with van der Waals surface area (Å²) in [5, 5.41) is 0. The molecule has 0 saturated heterocycles. The highest BCUT2D eigenvalue weighted by molar-refractivity contribution is 8.76. The van der Waals surface area contributed by atoms with E-state index >= 15 is 0 Å². The molecule has 0 unspecified atom stereocenters. The van der Waals surface area contributed by atoms with Crippen LogP contribution in [-0.4, -0.2) is 59.4 Å². The van der Waals surface area contributed by atoms with Crippen LogP contribution >= 0.6 is 21.6 Å². The maximum Gasteiger partial charge on any atom is 0.460 e. The fourth-order valence-electron chi connectivity index (χ4n) is 2.26. The van der Waals surface area contributed by atoms with Crippen molar-refractivity contribution in [2.45, 2.75) is 86.4 Å². The lowest BCUT2D eigenvalue weighted by Gasteiger charge is -2.33. The molecule has 0 aromatic carbocycles. The summed E-state index contributed by atoms with van der Waals surface area (Å²) in [4.78, 5) is 0. The SMILES string of the molecule is FC(F)(F)C(F)(F)C(F)(F)C(F)(F)CCCCSSCCCCC(F)(F)C(F)(F)C(F)(F)C(F)(F)F. The zero-order chi connectivity index (χ0) is 29.1. The fourth-order valence-corrected chi connectivity index (χ4v) is 4.56. The van der Waals surface area contributed by atoms with E-state index in [0.717, 1.165) is 21.6 Å². The highest BCUT2D eigenvalue weighted by Crippen LogP contribution is 2.55. The first kappa shape index (κ1) is 35.4. The molecule has 0 nitrogen and oxygen atoms in total. The number of halogens is 18.